The average molecular weight is 576 g/mol. The van der Waals surface area contributed by atoms with Crippen LogP contribution < -0.4 is 5.32 Å². The van der Waals surface area contributed by atoms with Gasteiger partial charge >= 0.3 is 0 Å². The first kappa shape index (κ1) is 27.4. The fourth-order valence-corrected chi connectivity index (χ4v) is 5.79. The van der Waals surface area contributed by atoms with Gasteiger partial charge in [-0.05, 0) is 104 Å². The van der Waals surface area contributed by atoms with Crippen LogP contribution in [0.15, 0.2) is 41.6 Å². The fourth-order valence-electron chi connectivity index (χ4n) is 4.61. The molecule has 1 amide bonds. The van der Waals surface area contributed by atoms with Crippen molar-refractivity contribution in [2.45, 2.75) is 56.2 Å². The van der Waals surface area contributed by atoms with E-state index >= 15 is 0 Å². The van der Waals surface area contributed by atoms with Crippen LogP contribution in [0.1, 0.15) is 56.6 Å². The van der Waals surface area contributed by atoms with E-state index in [-0.39, 0.29) is 11.7 Å². The zero-order valence-electron chi connectivity index (χ0n) is 21.6. The van der Waals surface area contributed by atoms with Gasteiger partial charge in [0.1, 0.15) is 0 Å². The SMILES string of the molecule is CC(C)(OCCN1CCCC1)c1ccc(NC(=O)CSc2nnnn2-c2ccc(C3CC3)cc2Cl)c(Cl)c1. The van der Waals surface area contributed by atoms with E-state index in [1.54, 1.807) is 4.68 Å². The number of aromatic nitrogens is 4. The molecule has 2 aromatic carbocycles. The first-order valence-corrected chi connectivity index (χ1v) is 14.7. The number of hydrogen-bond acceptors (Lipinski definition) is 7. The summed E-state index contributed by atoms with van der Waals surface area (Å²) in [7, 11) is 0. The summed E-state index contributed by atoms with van der Waals surface area (Å²) < 4.78 is 7.75. The van der Waals surface area contributed by atoms with Crippen molar-refractivity contribution in [3.8, 4) is 5.69 Å². The molecule has 2 aliphatic rings. The summed E-state index contributed by atoms with van der Waals surface area (Å²) in [6.45, 7) is 7.97. The summed E-state index contributed by atoms with van der Waals surface area (Å²) in [6.07, 6.45) is 4.94. The minimum atomic E-state index is -0.489. The smallest absolute Gasteiger partial charge is 0.234 e. The normalized spacial score (nSPS) is 16.2. The molecule has 8 nitrogen and oxygen atoms in total. The number of thioether (sulfide) groups is 1. The highest BCUT2D eigenvalue weighted by Crippen LogP contribution is 2.41. The van der Waals surface area contributed by atoms with Gasteiger partial charge in [-0.3, -0.25) is 4.79 Å². The molecule has 11 heteroatoms. The zero-order valence-corrected chi connectivity index (χ0v) is 24.0. The van der Waals surface area contributed by atoms with Gasteiger partial charge in [0.25, 0.3) is 0 Å². The van der Waals surface area contributed by atoms with Crippen LogP contribution in [0.4, 0.5) is 5.69 Å². The van der Waals surface area contributed by atoms with Gasteiger partial charge in [0.05, 0.1) is 39.4 Å². The number of halogens is 2. The van der Waals surface area contributed by atoms with Crippen LogP contribution in [0.2, 0.25) is 10.0 Å². The third kappa shape index (κ3) is 6.69. The molecule has 0 radical (unpaired) electrons. The standard InChI is InChI=1S/C27H32Cl2N6O2S/c1-27(2,37-14-13-34-11-3-4-12-34)20-8-9-23(21(28)16-20)30-25(36)17-38-26-31-32-33-35(26)24-10-7-19(15-22(24)29)18-5-6-18/h7-10,15-16,18H,3-6,11-14,17H2,1-2H3,(H,30,36). The van der Waals surface area contributed by atoms with Crippen LogP contribution in [0.25, 0.3) is 5.69 Å². The Morgan fingerprint density at radius 1 is 1.13 bits per heavy atom. The van der Waals surface area contributed by atoms with E-state index in [1.807, 2.05) is 44.2 Å². The molecule has 202 valence electrons. The highest BCUT2D eigenvalue weighted by molar-refractivity contribution is 7.99. The van der Waals surface area contributed by atoms with E-state index in [9.17, 15) is 4.79 Å². The molecule has 38 heavy (non-hydrogen) atoms. The molecule has 1 aliphatic carbocycles. The average Bonchev–Trinajstić information content (AvgIpc) is 3.41. The van der Waals surface area contributed by atoms with E-state index in [2.05, 4.69) is 31.8 Å². The second kappa shape index (κ2) is 11.9. The maximum atomic E-state index is 12.7. The number of ether oxygens (including phenoxy) is 1. The fraction of sp³-hybridized carbons (Fsp3) is 0.481. The Morgan fingerprint density at radius 3 is 2.63 bits per heavy atom. The van der Waals surface area contributed by atoms with Gasteiger partial charge in [-0.15, -0.1) is 5.10 Å². The summed E-state index contributed by atoms with van der Waals surface area (Å²) in [5, 5.41) is 16.3. The van der Waals surface area contributed by atoms with Crippen molar-refractivity contribution < 1.29 is 9.53 Å². The van der Waals surface area contributed by atoms with E-state index in [0.717, 1.165) is 25.2 Å². The number of nitrogens with zero attached hydrogens (tertiary/aromatic N) is 5. The molecule has 1 N–H and O–H groups in total. The molecule has 1 aliphatic heterocycles. The maximum Gasteiger partial charge on any atom is 0.234 e. The molecule has 1 saturated heterocycles. The van der Waals surface area contributed by atoms with Crippen molar-refractivity contribution in [1.29, 1.82) is 0 Å². The van der Waals surface area contributed by atoms with Crippen LogP contribution in [0.5, 0.6) is 0 Å². The number of nitrogens with one attached hydrogen (secondary N) is 1. The number of tetrazole rings is 1. The number of likely N-dealkylation sites (tertiary alicyclic amines) is 1. The number of hydrogen-bond donors (Lipinski definition) is 1. The van der Waals surface area contributed by atoms with Crippen molar-refractivity contribution in [2.24, 2.45) is 0 Å². The third-order valence-corrected chi connectivity index (χ3v) is 8.56. The van der Waals surface area contributed by atoms with Gasteiger partial charge in [0, 0.05) is 6.54 Å². The highest BCUT2D eigenvalue weighted by Gasteiger charge is 2.25. The molecule has 2 heterocycles. The predicted molar refractivity (Wildman–Crippen MR) is 152 cm³/mol. The van der Waals surface area contributed by atoms with Crippen LogP contribution >= 0.6 is 35.0 Å². The van der Waals surface area contributed by atoms with Gasteiger partial charge in [0.2, 0.25) is 11.1 Å². The Morgan fingerprint density at radius 2 is 1.92 bits per heavy atom. The summed E-state index contributed by atoms with van der Waals surface area (Å²) >= 11 is 14.3. The van der Waals surface area contributed by atoms with E-state index in [0.29, 0.717) is 39.1 Å². The molecule has 5 rings (SSSR count). The summed E-state index contributed by atoms with van der Waals surface area (Å²) in [4.78, 5) is 15.2. The Balaban J connectivity index is 1.16. The van der Waals surface area contributed by atoms with Gasteiger partial charge in [-0.25, -0.2) is 0 Å². The molecular weight excluding hydrogens is 543 g/mol. The zero-order chi connectivity index (χ0) is 26.7. The van der Waals surface area contributed by atoms with Gasteiger partial charge in [-0.1, -0.05) is 47.1 Å². The van der Waals surface area contributed by atoms with Crippen molar-refractivity contribution in [3.05, 3.63) is 57.6 Å². The largest absolute Gasteiger partial charge is 0.370 e. The van der Waals surface area contributed by atoms with Gasteiger partial charge in [-0.2, -0.15) is 4.68 Å². The summed E-state index contributed by atoms with van der Waals surface area (Å²) in [6, 6.07) is 11.6. The number of rotatable bonds is 11. The lowest BCUT2D eigenvalue weighted by Crippen LogP contribution is -2.29. The lowest BCUT2D eigenvalue weighted by atomic mass is 9.97. The molecule has 3 aromatic rings. The van der Waals surface area contributed by atoms with Crippen molar-refractivity contribution in [3.63, 3.8) is 0 Å². The minimum absolute atomic E-state index is 0.112. The van der Waals surface area contributed by atoms with Crippen molar-refractivity contribution in [1.82, 2.24) is 25.1 Å². The topological polar surface area (TPSA) is 85.2 Å². The van der Waals surface area contributed by atoms with Crippen LogP contribution in [-0.4, -0.2) is 63.0 Å². The molecule has 1 saturated carbocycles. The van der Waals surface area contributed by atoms with Crippen LogP contribution in [0.3, 0.4) is 0 Å². The molecule has 0 spiro atoms. The van der Waals surface area contributed by atoms with E-state index in [4.69, 9.17) is 27.9 Å². The lowest BCUT2D eigenvalue weighted by Gasteiger charge is -2.28. The third-order valence-electron chi connectivity index (χ3n) is 7.03. The highest BCUT2D eigenvalue weighted by atomic mass is 35.5. The molecule has 0 bridgehead atoms. The minimum Gasteiger partial charge on any atom is -0.370 e. The van der Waals surface area contributed by atoms with E-state index in [1.165, 1.54) is 43.0 Å². The monoisotopic (exact) mass is 574 g/mol. The van der Waals surface area contributed by atoms with Gasteiger partial charge < -0.3 is 15.0 Å². The molecular formula is C27H32Cl2N6O2S. The first-order valence-electron chi connectivity index (χ1n) is 13.0. The quantitative estimate of drug-likeness (QED) is 0.284. The number of anilines is 1. The Hall–Kier alpha value is -2.17. The van der Waals surface area contributed by atoms with Gasteiger partial charge in [0.15, 0.2) is 0 Å². The van der Waals surface area contributed by atoms with Crippen LogP contribution in [0, 0.1) is 0 Å². The number of amides is 1. The number of carbonyl (C=O) groups excluding carboxylic acids is 1. The second-order valence-electron chi connectivity index (χ2n) is 10.3. The maximum absolute atomic E-state index is 12.7. The molecule has 0 atom stereocenters. The second-order valence-corrected chi connectivity index (χ2v) is 12.1. The molecule has 2 fully saturated rings. The molecule has 0 unspecified atom stereocenters. The Bertz CT molecular complexity index is 1290. The summed E-state index contributed by atoms with van der Waals surface area (Å²) in [5.74, 6) is 0.504. The van der Waals surface area contributed by atoms with Crippen molar-refractivity contribution >= 4 is 46.6 Å². The predicted octanol–water partition coefficient (Wildman–Crippen LogP) is 5.92. The van der Waals surface area contributed by atoms with E-state index < -0.39 is 5.60 Å². The lowest BCUT2D eigenvalue weighted by molar-refractivity contribution is -0.113. The Kier molecular flexibility index (Phi) is 8.59. The first-order chi connectivity index (χ1) is 18.3. The molecule has 1 aromatic heterocycles. The number of benzene rings is 2. The summed E-state index contributed by atoms with van der Waals surface area (Å²) in [5.41, 5.74) is 2.94. The Labute approximate surface area is 237 Å². The number of carbonyl (C=O) groups is 1. The van der Waals surface area contributed by atoms with Crippen molar-refractivity contribution in [2.75, 3.05) is 37.3 Å². The van der Waals surface area contributed by atoms with Crippen LogP contribution in [-0.2, 0) is 15.1 Å².